The van der Waals surface area contributed by atoms with Crippen molar-refractivity contribution < 1.29 is 13.2 Å². The van der Waals surface area contributed by atoms with Gasteiger partial charge in [-0.3, -0.25) is 4.79 Å². The molecule has 1 heterocycles. The average molecular weight is 290 g/mol. The number of sulfone groups is 1. The van der Waals surface area contributed by atoms with E-state index in [1.54, 1.807) is 6.92 Å². The van der Waals surface area contributed by atoms with Gasteiger partial charge < -0.3 is 10.6 Å². The quantitative estimate of drug-likeness (QED) is 0.749. The van der Waals surface area contributed by atoms with Crippen LogP contribution >= 0.6 is 0 Å². The third kappa shape index (κ3) is 4.76. The van der Waals surface area contributed by atoms with Crippen LogP contribution in [0.5, 0.6) is 0 Å². The molecular weight excluding hydrogens is 264 g/mol. The molecule has 19 heavy (non-hydrogen) atoms. The Labute approximate surface area is 116 Å². The van der Waals surface area contributed by atoms with Crippen molar-refractivity contribution in [2.45, 2.75) is 33.6 Å². The van der Waals surface area contributed by atoms with E-state index in [9.17, 15) is 13.2 Å². The lowest BCUT2D eigenvalue weighted by Crippen LogP contribution is -2.48. The van der Waals surface area contributed by atoms with Crippen LogP contribution in [0.15, 0.2) is 0 Å². The van der Waals surface area contributed by atoms with Crippen molar-refractivity contribution >= 4 is 15.7 Å². The topological polar surface area (TPSA) is 75.3 Å². The Morgan fingerprint density at radius 1 is 1.42 bits per heavy atom. The standard InChI is InChI=1S/C13H26N2O3S/c1-4-19(17,18)9-8-15-12(16)13(2,3)11-6-5-7-14-10-11/h11,14H,4-10H2,1-3H3,(H,15,16). The van der Waals surface area contributed by atoms with Crippen molar-refractivity contribution in [3.05, 3.63) is 0 Å². The number of rotatable bonds is 6. The van der Waals surface area contributed by atoms with Crippen molar-refractivity contribution in [1.82, 2.24) is 10.6 Å². The van der Waals surface area contributed by atoms with Crippen LogP contribution in [0.1, 0.15) is 33.6 Å². The molecule has 1 aliphatic heterocycles. The van der Waals surface area contributed by atoms with Crippen LogP contribution in [-0.2, 0) is 14.6 Å². The highest BCUT2D eigenvalue weighted by atomic mass is 32.2. The minimum absolute atomic E-state index is 0.0221. The molecule has 1 atom stereocenters. The Balaban J connectivity index is 2.47. The molecule has 1 amide bonds. The molecule has 112 valence electrons. The van der Waals surface area contributed by atoms with E-state index in [2.05, 4.69) is 10.6 Å². The summed E-state index contributed by atoms with van der Waals surface area (Å²) in [6.07, 6.45) is 2.13. The first kappa shape index (κ1) is 16.4. The number of hydrogen-bond acceptors (Lipinski definition) is 4. The number of nitrogens with one attached hydrogen (secondary N) is 2. The Bertz CT molecular complexity index is 398. The number of piperidine rings is 1. The van der Waals surface area contributed by atoms with Crippen LogP contribution in [0.25, 0.3) is 0 Å². The summed E-state index contributed by atoms with van der Waals surface area (Å²) in [6.45, 7) is 7.58. The smallest absolute Gasteiger partial charge is 0.226 e. The largest absolute Gasteiger partial charge is 0.355 e. The van der Waals surface area contributed by atoms with E-state index in [1.807, 2.05) is 13.8 Å². The predicted molar refractivity (Wildman–Crippen MR) is 76.7 cm³/mol. The molecule has 0 aliphatic carbocycles. The van der Waals surface area contributed by atoms with Crippen molar-refractivity contribution in [2.24, 2.45) is 11.3 Å². The highest BCUT2D eigenvalue weighted by Crippen LogP contribution is 2.31. The first-order valence-corrected chi connectivity index (χ1v) is 8.81. The monoisotopic (exact) mass is 290 g/mol. The highest BCUT2D eigenvalue weighted by molar-refractivity contribution is 7.91. The van der Waals surface area contributed by atoms with Gasteiger partial charge in [0.05, 0.1) is 5.75 Å². The highest BCUT2D eigenvalue weighted by Gasteiger charge is 2.37. The maximum atomic E-state index is 12.2. The van der Waals surface area contributed by atoms with Crippen molar-refractivity contribution in [2.75, 3.05) is 31.1 Å². The normalized spacial score (nSPS) is 21.1. The summed E-state index contributed by atoms with van der Waals surface area (Å²) in [5, 5.41) is 6.07. The summed E-state index contributed by atoms with van der Waals surface area (Å²) in [5.74, 6) is 0.407. The van der Waals surface area contributed by atoms with E-state index in [0.29, 0.717) is 5.92 Å². The number of amides is 1. The van der Waals surface area contributed by atoms with Gasteiger partial charge in [-0.05, 0) is 31.8 Å². The van der Waals surface area contributed by atoms with Gasteiger partial charge in [0, 0.05) is 17.7 Å². The Hall–Kier alpha value is -0.620. The number of hydrogen-bond donors (Lipinski definition) is 2. The molecule has 1 unspecified atom stereocenters. The van der Waals surface area contributed by atoms with Gasteiger partial charge in [-0.2, -0.15) is 0 Å². The van der Waals surface area contributed by atoms with Gasteiger partial charge in [-0.15, -0.1) is 0 Å². The second-order valence-electron chi connectivity index (χ2n) is 5.76. The SMILES string of the molecule is CCS(=O)(=O)CCNC(=O)C(C)(C)C1CCCNC1. The Kier molecular flexibility index (Phi) is 5.80. The van der Waals surface area contributed by atoms with Crippen molar-refractivity contribution in [1.29, 1.82) is 0 Å². The molecule has 5 nitrogen and oxygen atoms in total. The zero-order valence-corrected chi connectivity index (χ0v) is 13.0. The molecule has 0 radical (unpaired) electrons. The lowest BCUT2D eigenvalue weighted by atomic mass is 9.74. The molecule has 1 aliphatic rings. The maximum absolute atomic E-state index is 12.2. The van der Waals surface area contributed by atoms with Gasteiger partial charge in [0.2, 0.25) is 5.91 Å². The van der Waals surface area contributed by atoms with Gasteiger partial charge in [0.25, 0.3) is 0 Å². The van der Waals surface area contributed by atoms with Gasteiger partial charge in [0.15, 0.2) is 9.84 Å². The summed E-state index contributed by atoms with van der Waals surface area (Å²) >= 11 is 0. The fourth-order valence-corrected chi connectivity index (χ4v) is 3.05. The van der Waals surface area contributed by atoms with E-state index in [1.165, 1.54) is 0 Å². The molecule has 0 aromatic carbocycles. The molecule has 2 N–H and O–H groups in total. The van der Waals surface area contributed by atoms with Crippen LogP contribution < -0.4 is 10.6 Å². The zero-order valence-electron chi connectivity index (χ0n) is 12.2. The van der Waals surface area contributed by atoms with Gasteiger partial charge >= 0.3 is 0 Å². The molecule has 1 rings (SSSR count). The van der Waals surface area contributed by atoms with Gasteiger partial charge in [0.1, 0.15) is 0 Å². The molecule has 1 fully saturated rings. The second-order valence-corrected chi connectivity index (χ2v) is 8.23. The molecular formula is C13H26N2O3S. The second kappa shape index (κ2) is 6.70. The lowest BCUT2D eigenvalue weighted by molar-refractivity contribution is -0.132. The van der Waals surface area contributed by atoms with E-state index >= 15 is 0 Å². The average Bonchev–Trinajstić information content (AvgIpc) is 2.39. The van der Waals surface area contributed by atoms with Crippen LogP contribution in [-0.4, -0.2) is 45.5 Å². The van der Waals surface area contributed by atoms with Gasteiger partial charge in [-0.1, -0.05) is 20.8 Å². The Morgan fingerprint density at radius 3 is 2.63 bits per heavy atom. The Morgan fingerprint density at radius 2 is 2.11 bits per heavy atom. The molecule has 0 saturated carbocycles. The maximum Gasteiger partial charge on any atom is 0.226 e. The van der Waals surface area contributed by atoms with Crippen molar-refractivity contribution in [3.8, 4) is 0 Å². The fraction of sp³-hybridized carbons (Fsp3) is 0.923. The van der Waals surface area contributed by atoms with Crippen LogP contribution in [0.3, 0.4) is 0 Å². The molecule has 1 saturated heterocycles. The number of carbonyl (C=O) groups is 1. The summed E-state index contributed by atoms with van der Waals surface area (Å²) in [5.41, 5.74) is -0.455. The summed E-state index contributed by atoms with van der Waals surface area (Å²) in [6, 6.07) is 0. The van der Waals surface area contributed by atoms with Gasteiger partial charge in [-0.25, -0.2) is 8.42 Å². The minimum atomic E-state index is -3.01. The van der Waals surface area contributed by atoms with E-state index in [0.717, 1.165) is 25.9 Å². The summed E-state index contributed by atoms with van der Waals surface area (Å²) in [4.78, 5) is 12.2. The molecule has 0 aromatic rings. The first-order valence-electron chi connectivity index (χ1n) is 6.99. The molecule has 0 aromatic heterocycles. The van der Waals surface area contributed by atoms with Crippen molar-refractivity contribution in [3.63, 3.8) is 0 Å². The third-order valence-electron chi connectivity index (χ3n) is 4.04. The van der Waals surface area contributed by atoms with E-state index < -0.39 is 15.3 Å². The molecule has 6 heteroatoms. The molecule has 0 spiro atoms. The number of carbonyl (C=O) groups excluding carboxylic acids is 1. The van der Waals surface area contributed by atoms with Crippen LogP contribution in [0.4, 0.5) is 0 Å². The third-order valence-corrected chi connectivity index (χ3v) is 5.75. The fourth-order valence-electron chi connectivity index (χ4n) is 2.35. The zero-order chi connectivity index (χ0) is 14.5. The predicted octanol–water partition coefficient (Wildman–Crippen LogP) is 0.563. The van der Waals surface area contributed by atoms with E-state index in [4.69, 9.17) is 0 Å². The summed E-state index contributed by atoms with van der Waals surface area (Å²) in [7, 11) is -3.01. The van der Waals surface area contributed by atoms with E-state index in [-0.39, 0.29) is 24.0 Å². The summed E-state index contributed by atoms with van der Waals surface area (Å²) < 4.78 is 22.7. The molecule has 0 bridgehead atoms. The minimum Gasteiger partial charge on any atom is -0.355 e. The van der Waals surface area contributed by atoms with Crippen LogP contribution in [0.2, 0.25) is 0 Å². The lowest BCUT2D eigenvalue weighted by Gasteiger charge is -2.36. The first-order chi connectivity index (χ1) is 8.79. The van der Waals surface area contributed by atoms with Crippen LogP contribution in [0, 0.1) is 11.3 Å².